The first-order valence-electron chi connectivity index (χ1n) is 13.3. The van der Waals surface area contributed by atoms with Crippen LogP contribution < -0.4 is 0 Å². The van der Waals surface area contributed by atoms with Crippen LogP contribution in [0.3, 0.4) is 0 Å². The molecule has 5 rings (SSSR count). The van der Waals surface area contributed by atoms with Crippen LogP contribution in [0.2, 0.25) is 0 Å². The van der Waals surface area contributed by atoms with Crippen molar-refractivity contribution in [2.75, 3.05) is 13.1 Å². The van der Waals surface area contributed by atoms with Gasteiger partial charge in [-0.05, 0) is 42.4 Å². The molecule has 0 saturated carbocycles. The smallest absolute Gasteiger partial charge is 0.248 e. The van der Waals surface area contributed by atoms with E-state index in [2.05, 4.69) is 53.6 Å². The molecule has 0 spiro atoms. The number of carbonyl (C=O) groups excluding carboxylic acids is 1. The van der Waals surface area contributed by atoms with Gasteiger partial charge < -0.3 is 10.0 Å². The molecule has 38 heavy (non-hydrogen) atoms. The Balaban J connectivity index is 1.54. The molecule has 7 nitrogen and oxygen atoms in total. The number of aromatic nitrogens is 3. The van der Waals surface area contributed by atoms with Crippen molar-refractivity contribution >= 4 is 17.4 Å². The summed E-state index contributed by atoms with van der Waals surface area (Å²) < 4.78 is 1.82. The summed E-state index contributed by atoms with van der Waals surface area (Å²) in [6.07, 6.45) is 12.0. The molecule has 196 valence electrons. The molecule has 1 aromatic carbocycles. The van der Waals surface area contributed by atoms with Crippen molar-refractivity contribution in [1.29, 1.82) is 0 Å². The van der Waals surface area contributed by atoms with Gasteiger partial charge in [-0.15, -0.1) is 6.58 Å². The van der Waals surface area contributed by atoms with E-state index in [-0.39, 0.29) is 12.5 Å². The second-order valence-corrected chi connectivity index (χ2v) is 10.5. The second kappa shape index (κ2) is 10.5. The van der Waals surface area contributed by atoms with Crippen LogP contribution in [0.4, 0.5) is 0 Å². The van der Waals surface area contributed by atoms with E-state index >= 15 is 0 Å². The van der Waals surface area contributed by atoms with Crippen molar-refractivity contribution in [1.82, 2.24) is 19.4 Å². The molecule has 1 unspecified atom stereocenters. The fourth-order valence-corrected chi connectivity index (χ4v) is 5.48. The molecule has 0 aliphatic carbocycles. The number of fused-ring (bicyclic) bond motifs is 3. The summed E-state index contributed by atoms with van der Waals surface area (Å²) in [6, 6.07) is 10.4. The third-order valence-electron chi connectivity index (χ3n) is 7.42. The number of carbonyl (C=O) groups is 1. The minimum absolute atomic E-state index is 0.0250. The van der Waals surface area contributed by atoms with Crippen molar-refractivity contribution in [3.8, 4) is 11.1 Å². The largest absolute Gasteiger partial charge is 0.383 e. The summed E-state index contributed by atoms with van der Waals surface area (Å²) in [5.41, 5.74) is 5.86. The van der Waals surface area contributed by atoms with Gasteiger partial charge in [-0.25, -0.2) is 4.98 Å². The highest BCUT2D eigenvalue weighted by atomic mass is 16.3. The second-order valence-electron chi connectivity index (χ2n) is 10.5. The van der Waals surface area contributed by atoms with Gasteiger partial charge in [-0.2, -0.15) is 0 Å². The molecule has 7 heteroatoms. The van der Waals surface area contributed by atoms with Crippen molar-refractivity contribution in [2.45, 2.75) is 52.1 Å². The van der Waals surface area contributed by atoms with Gasteiger partial charge in [-0.1, -0.05) is 51.1 Å². The number of allylic oxidation sites excluding steroid dienone is 2. The lowest BCUT2D eigenvalue weighted by Gasteiger charge is -2.32. The molecular formula is C31H35N5O2. The quantitative estimate of drug-likeness (QED) is 0.454. The normalized spacial score (nSPS) is 16.8. The van der Waals surface area contributed by atoms with Crippen LogP contribution in [0.15, 0.2) is 72.8 Å². The highest BCUT2D eigenvalue weighted by molar-refractivity contribution is 6.06. The minimum atomic E-state index is -0.999. The van der Waals surface area contributed by atoms with E-state index in [0.717, 1.165) is 40.9 Å². The first-order valence-corrected chi connectivity index (χ1v) is 13.3. The molecule has 0 fully saturated rings. The average Bonchev–Trinajstić information content (AvgIpc) is 3.35. The minimum Gasteiger partial charge on any atom is -0.383 e. The maximum absolute atomic E-state index is 13.1. The van der Waals surface area contributed by atoms with Gasteiger partial charge in [-0.3, -0.25) is 19.3 Å². The predicted octanol–water partition coefficient (Wildman–Crippen LogP) is 5.00. The summed E-state index contributed by atoms with van der Waals surface area (Å²) in [4.78, 5) is 28.7. The molecule has 2 aromatic heterocycles. The number of benzene rings is 1. The Bertz CT molecular complexity index is 1420. The van der Waals surface area contributed by atoms with E-state index in [1.54, 1.807) is 6.33 Å². The van der Waals surface area contributed by atoms with Gasteiger partial charge >= 0.3 is 0 Å². The fraction of sp³-hybridized carbons (Fsp3) is 0.355. The maximum atomic E-state index is 13.1. The summed E-state index contributed by atoms with van der Waals surface area (Å²) in [7, 11) is 0. The van der Waals surface area contributed by atoms with E-state index in [1.165, 1.54) is 5.56 Å². The van der Waals surface area contributed by atoms with Crippen molar-refractivity contribution < 1.29 is 9.90 Å². The molecule has 1 amide bonds. The number of pyridine rings is 1. The molecular weight excluding hydrogens is 474 g/mol. The number of aliphatic imine (C=N–C) groups is 1. The van der Waals surface area contributed by atoms with Crippen LogP contribution >= 0.6 is 0 Å². The highest BCUT2D eigenvalue weighted by Crippen LogP contribution is 2.36. The van der Waals surface area contributed by atoms with Gasteiger partial charge in [0.2, 0.25) is 5.91 Å². The molecule has 3 aromatic rings. The van der Waals surface area contributed by atoms with Crippen LogP contribution in [-0.2, 0) is 23.2 Å². The SMILES string of the molecule is C=CCc1ccc(-c2cccc3c2CCN2C(=O)CN=C(n4cnc(C(O)(CC)CC(C)C)c4)C=C32)cn1. The summed E-state index contributed by atoms with van der Waals surface area (Å²) in [5.74, 6) is 0.934. The molecule has 1 atom stereocenters. The number of nitrogens with zero attached hydrogens (tertiary/aromatic N) is 5. The number of hydrogen-bond acceptors (Lipinski definition) is 5. The fourth-order valence-electron chi connectivity index (χ4n) is 5.48. The van der Waals surface area contributed by atoms with Gasteiger partial charge in [0.1, 0.15) is 24.3 Å². The molecule has 0 radical (unpaired) electrons. The molecule has 1 N–H and O–H groups in total. The monoisotopic (exact) mass is 509 g/mol. The lowest BCUT2D eigenvalue weighted by molar-refractivity contribution is -0.126. The maximum Gasteiger partial charge on any atom is 0.248 e. The summed E-state index contributed by atoms with van der Waals surface area (Å²) >= 11 is 0. The average molecular weight is 510 g/mol. The summed E-state index contributed by atoms with van der Waals surface area (Å²) in [6.45, 7) is 10.6. The number of rotatable bonds is 7. The van der Waals surface area contributed by atoms with Crippen LogP contribution in [-0.4, -0.2) is 49.4 Å². The topological polar surface area (TPSA) is 83.6 Å². The van der Waals surface area contributed by atoms with Gasteiger partial charge in [0.25, 0.3) is 0 Å². The number of hydrogen-bond donors (Lipinski definition) is 1. The summed E-state index contributed by atoms with van der Waals surface area (Å²) in [5, 5.41) is 11.3. The van der Waals surface area contributed by atoms with Gasteiger partial charge in [0.15, 0.2) is 0 Å². The van der Waals surface area contributed by atoms with E-state index in [9.17, 15) is 9.90 Å². The van der Waals surface area contributed by atoms with Crippen molar-refractivity contribution in [2.24, 2.45) is 10.9 Å². The Morgan fingerprint density at radius 1 is 1.18 bits per heavy atom. The van der Waals surface area contributed by atoms with Crippen LogP contribution in [0, 0.1) is 5.92 Å². The van der Waals surface area contributed by atoms with Crippen LogP contribution in [0.1, 0.15) is 56.1 Å². The zero-order valence-corrected chi connectivity index (χ0v) is 22.4. The highest BCUT2D eigenvalue weighted by Gasteiger charge is 2.32. The zero-order valence-electron chi connectivity index (χ0n) is 22.4. The van der Waals surface area contributed by atoms with E-state index < -0.39 is 5.60 Å². The predicted molar refractivity (Wildman–Crippen MR) is 151 cm³/mol. The molecule has 2 aliphatic rings. The Morgan fingerprint density at radius 2 is 2.00 bits per heavy atom. The Morgan fingerprint density at radius 3 is 2.71 bits per heavy atom. The third-order valence-corrected chi connectivity index (χ3v) is 7.42. The Hall–Kier alpha value is -3.84. The lowest BCUT2D eigenvalue weighted by Crippen LogP contribution is -2.36. The third kappa shape index (κ3) is 4.86. The van der Waals surface area contributed by atoms with E-state index in [0.29, 0.717) is 36.8 Å². The first kappa shape index (κ1) is 25.8. The lowest BCUT2D eigenvalue weighted by atomic mass is 9.87. The Kier molecular flexibility index (Phi) is 7.13. The molecule has 4 heterocycles. The van der Waals surface area contributed by atoms with Crippen LogP contribution in [0.5, 0.6) is 0 Å². The van der Waals surface area contributed by atoms with Crippen LogP contribution in [0.25, 0.3) is 16.8 Å². The van der Waals surface area contributed by atoms with Gasteiger partial charge in [0, 0.05) is 48.3 Å². The molecule has 0 saturated heterocycles. The van der Waals surface area contributed by atoms with E-state index in [1.807, 2.05) is 53.1 Å². The molecule has 2 aliphatic heterocycles. The van der Waals surface area contributed by atoms with E-state index in [4.69, 9.17) is 0 Å². The van der Waals surface area contributed by atoms with Gasteiger partial charge in [0.05, 0.1) is 11.4 Å². The number of amides is 1. The zero-order chi connectivity index (χ0) is 26.9. The van der Waals surface area contributed by atoms with Crippen molar-refractivity contribution in [3.05, 3.63) is 90.3 Å². The molecule has 0 bridgehead atoms. The Labute approximate surface area is 224 Å². The number of aliphatic hydroxyl groups is 1. The standard InChI is InChI=1S/C31H35N5O2/c1-5-8-23-12-11-22(17-32-23)24-9-7-10-26-25(24)13-14-36-27(26)15-29(33-18-30(36)37)35-19-28(34-20-35)31(38,6-2)16-21(3)4/h5,7,9-12,15,17,19-21,38H,1,6,8,13-14,16,18H2,2-4H3. The number of imidazole rings is 1. The van der Waals surface area contributed by atoms with Crippen molar-refractivity contribution in [3.63, 3.8) is 0 Å². The first-order chi connectivity index (χ1) is 18.3.